The van der Waals surface area contributed by atoms with Crippen molar-refractivity contribution in [1.82, 2.24) is 15.4 Å². The van der Waals surface area contributed by atoms with Crippen LogP contribution >= 0.6 is 0 Å². The monoisotopic (exact) mass is 176 g/mol. The molecule has 1 aromatic heterocycles. The molecule has 1 rings (SSSR count). The zero-order valence-corrected chi connectivity index (χ0v) is 7.78. The van der Waals surface area contributed by atoms with Gasteiger partial charge in [-0.3, -0.25) is 0 Å². The van der Waals surface area contributed by atoms with Gasteiger partial charge in [-0.25, -0.2) is 0 Å². The van der Waals surface area contributed by atoms with E-state index in [1.165, 1.54) is 0 Å². The highest BCUT2D eigenvalue weighted by molar-refractivity contribution is 5.46. The number of aromatic nitrogens is 3. The second-order valence-electron chi connectivity index (χ2n) is 2.80. The summed E-state index contributed by atoms with van der Waals surface area (Å²) < 4.78 is 0. The number of allylic oxidation sites excluding steroid dienone is 1. The Bertz CT molecular complexity index is 332. The molecule has 1 atom stereocenters. The molecule has 0 aromatic carbocycles. The van der Waals surface area contributed by atoms with E-state index in [-0.39, 0.29) is 5.92 Å². The van der Waals surface area contributed by atoms with Crippen LogP contribution in [-0.4, -0.2) is 15.4 Å². The molecule has 0 fully saturated rings. The van der Waals surface area contributed by atoms with Gasteiger partial charge in [0.15, 0.2) is 0 Å². The molecule has 4 nitrogen and oxygen atoms in total. The largest absolute Gasteiger partial charge is 0.198 e. The molecule has 1 N–H and O–H groups in total. The number of H-pyrrole nitrogens is 1. The molecule has 0 amide bonds. The fraction of sp³-hybridized carbons (Fsp3) is 0.444. The summed E-state index contributed by atoms with van der Waals surface area (Å²) in [6.45, 7) is 3.85. The van der Waals surface area contributed by atoms with Crippen LogP contribution in [0.15, 0.2) is 6.08 Å². The van der Waals surface area contributed by atoms with Gasteiger partial charge >= 0.3 is 0 Å². The minimum atomic E-state index is -0.0314. The second kappa shape index (κ2) is 4.41. The van der Waals surface area contributed by atoms with E-state index in [1.807, 2.05) is 26.0 Å². The summed E-state index contributed by atoms with van der Waals surface area (Å²) in [6, 6.07) is 2.19. The molecule has 0 bridgehead atoms. The minimum Gasteiger partial charge on any atom is -0.198 e. The lowest BCUT2D eigenvalue weighted by Crippen LogP contribution is -1.88. The fourth-order valence-electron chi connectivity index (χ4n) is 0.928. The number of nitrogens with one attached hydrogen (secondary N) is 1. The Labute approximate surface area is 77.3 Å². The Morgan fingerprint density at radius 3 is 2.85 bits per heavy atom. The number of hydrogen-bond acceptors (Lipinski definition) is 3. The summed E-state index contributed by atoms with van der Waals surface area (Å²) in [5, 5.41) is 19.0. The van der Waals surface area contributed by atoms with Crippen molar-refractivity contribution in [3.05, 3.63) is 17.5 Å². The first kappa shape index (κ1) is 9.46. The summed E-state index contributed by atoms with van der Waals surface area (Å²) in [6.07, 6.45) is 4.50. The third-order valence-corrected chi connectivity index (χ3v) is 1.85. The SMILES string of the molecule is CCC(C#N)/C=C\c1n[nH]nc1C. The van der Waals surface area contributed by atoms with Crippen molar-refractivity contribution in [2.24, 2.45) is 5.92 Å². The van der Waals surface area contributed by atoms with Gasteiger partial charge in [-0.05, 0) is 19.4 Å². The van der Waals surface area contributed by atoms with E-state index in [1.54, 1.807) is 0 Å². The van der Waals surface area contributed by atoms with Crippen molar-refractivity contribution in [1.29, 1.82) is 5.26 Å². The van der Waals surface area contributed by atoms with Crippen LogP contribution in [0.3, 0.4) is 0 Å². The van der Waals surface area contributed by atoms with Crippen molar-refractivity contribution in [2.45, 2.75) is 20.3 Å². The summed E-state index contributed by atoms with van der Waals surface area (Å²) in [5.41, 5.74) is 1.65. The van der Waals surface area contributed by atoms with E-state index in [0.29, 0.717) is 0 Å². The fourth-order valence-corrected chi connectivity index (χ4v) is 0.928. The molecule has 0 saturated carbocycles. The van der Waals surface area contributed by atoms with E-state index < -0.39 is 0 Å². The first-order chi connectivity index (χ1) is 6.27. The van der Waals surface area contributed by atoms with Gasteiger partial charge in [-0.2, -0.15) is 20.7 Å². The third-order valence-electron chi connectivity index (χ3n) is 1.85. The summed E-state index contributed by atoms with van der Waals surface area (Å²) >= 11 is 0. The minimum absolute atomic E-state index is 0.0314. The van der Waals surface area contributed by atoms with Crippen molar-refractivity contribution in [3.63, 3.8) is 0 Å². The van der Waals surface area contributed by atoms with Crippen LogP contribution in [0.25, 0.3) is 6.08 Å². The number of rotatable bonds is 3. The number of aromatic amines is 1. The summed E-state index contributed by atoms with van der Waals surface area (Å²) in [5.74, 6) is -0.0314. The molecule has 13 heavy (non-hydrogen) atoms. The normalized spacial score (nSPS) is 13.0. The van der Waals surface area contributed by atoms with Gasteiger partial charge in [0.1, 0.15) is 5.69 Å². The van der Waals surface area contributed by atoms with Crippen LogP contribution in [0, 0.1) is 24.2 Å². The van der Waals surface area contributed by atoms with E-state index in [0.717, 1.165) is 17.8 Å². The van der Waals surface area contributed by atoms with Crippen LogP contribution in [0.1, 0.15) is 24.7 Å². The van der Waals surface area contributed by atoms with Crippen LogP contribution < -0.4 is 0 Å². The van der Waals surface area contributed by atoms with Gasteiger partial charge in [-0.15, -0.1) is 0 Å². The van der Waals surface area contributed by atoms with Gasteiger partial charge in [0.25, 0.3) is 0 Å². The molecule has 0 aliphatic heterocycles. The molecular formula is C9H12N4. The highest BCUT2D eigenvalue weighted by Crippen LogP contribution is 2.07. The molecule has 1 heterocycles. The van der Waals surface area contributed by atoms with Gasteiger partial charge in [0.2, 0.25) is 0 Å². The van der Waals surface area contributed by atoms with Gasteiger partial charge in [-0.1, -0.05) is 13.0 Å². The van der Waals surface area contributed by atoms with Crippen molar-refractivity contribution in [3.8, 4) is 6.07 Å². The van der Waals surface area contributed by atoms with Crippen molar-refractivity contribution < 1.29 is 0 Å². The van der Waals surface area contributed by atoms with E-state index in [4.69, 9.17) is 5.26 Å². The molecule has 0 aliphatic rings. The Morgan fingerprint density at radius 1 is 1.62 bits per heavy atom. The Morgan fingerprint density at radius 2 is 2.38 bits per heavy atom. The number of nitriles is 1. The summed E-state index contributed by atoms with van der Waals surface area (Å²) in [4.78, 5) is 0. The highest BCUT2D eigenvalue weighted by atomic mass is 15.3. The molecule has 1 aromatic rings. The van der Waals surface area contributed by atoms with Crippen molar-refractivity contribution in [2.75, 3.05) is 0 Å². The molecule has 1 unspecified atom stereocenters. The lowest BCUT2D eigenvalue weighted by atomic mass is 10.1. The van der Waals surface area contributed by atoms with E-state index in [2.05, 4.69) is 21.5 Å². The molecule has 0 radical (unpaired) electrons. The predicted molar refractivity (Wildman–Crippen MR) is 49.5 cm³/mol. The Hall–Kier alpha value is -1.63. The highest BCUT2D eigenvalue weighted by Gasteiger charge is 2.00. The maximum absolute atomic E-state index is 8.68. The zero-order valence-electron chi connectivity index (χ0n) is 7.78. The molecule has 4 heteroatoms. The quantitative estimate of drug-likeness (QED) is 0.761. The van der Waals surface area contributed by atoms with E-state index in [9.17, 15) is 0 Å². The first-order valence-corrected chi connectivity index (χ1v) is 4.23. The lowest BCUT2D eigenvalue weighted by Gasteiger charge is -1.94. The maximum atomic E-state index is 8.68. The van der Waals surface area contributed by atoms with Crippen LogP contribution in [-0.2, 0) is 0 Å². The summed E-state index contributed by atoms with van der Waals surface area (Å²) in [7, 11) is 0. The smallest absolute Gasteiger partial charge is 0.108 e. The van der Waals surface area contributed by atoms with Crippen LogP contribution in [0.4, 0.5) is 0 Å². The van der Waals surface area contributed by atoms with E-state index >= 15 is 0 Å². The predicted octanol–water partition coefficient (Wildman–Crippen LogP) is 1.68. The average Bonchev–Trinajstić information content (AvgIpc) is 2.54. The first-order valence-electron chi connectivity index (χ1n) is 4.23. The standard InChI is InChI=1S/C9H12N4/c1-3-8(6-10)4-5-9-7(2)11-13-12-9/h4-5,8H,3H2,1-2H3,(H,11,12,13)/b5-4-. The van der Waals surface area contributed by atoms with Gasteiger partial charge < -0.3 is 0 Å². The second-order valence-corrected chi connectivity index (χ2v) is 2.80. The molecule has 68 valence electrons. The topological polar surface area (TPSA) is 65.4 Å². The Kier molecular flexibility index (Phi) is 3.21. The number of nitrogens with zero attached hydrogens (tertiary/aromatic N) is 3. The Balaban J connectivity index is 2.69. The van der Waals surface area contributed by atoms with Crippen molar-refractivity contribution >= 4 is 6.08 Å². The lowest BCUT2D eigenvalue weighted by molar-refractivity contribution is 0.791. The number of hydrogen-bond donors (Lipinski definition) is 1. The molecule has 0 aliphatic carbocycles. The zero-order chi connectivity index (χ0) is 9.68. The number of aryl methyl sites for hydroxylation is 1. The average molecular weight is 176 g/mol. The van der Waals surface area contributed by atoms with Gasteiger partial charge in [0, 0.05) is 0 Å². The van der Waals surface area contributed by atoms with Gasteiger partial charge in [0.05, 0.1) is 17.7 Å². The third kappa shape index (κ3) is 2.41. The maximum Gasteiger partial charge on any atom is 0.108 e. The molecular weight excluding hydrogens is 164 g/mol. The van der Waals surface area contributed by atoms with Crippen LogP contribution in [0.2, 0.25) is 0 Å². The van der Waals surface area contributed by atoms with Crippen LogP contribution in [0.5, 0.6) is 0 Å². The molecule has 0 spiro atoms. The molecule has 0 saturated heterocycles.